The van der Waals surface area contributed by atoms with Gasteiger partial charge in [-0.05, 0) is 18.4 Å². The molecular weight excluding hydrogens is 162 g/mol. The van der Waals surface area contributed by atoms with E-state index in [0.29, 0.717) is 0 Å². The van der Waals surface area contributed by atoms with Crippen LogP contribution in [0, 0.1) is 11.8 Å². The van der Waals surface area contributed by atoms with E-state index in [4.69, 9.17) is 0 Å². The Hall–Kier alpha value is -0.830. The molecule has 1 rings (SSSR count). The summed E-state index contributed by atoms with van der Waals surface area (Å²) in [6.45, 7) is 8.73. The number of hydrogen-bond donors (Lipinski definition) is 2. The van der Waals surface area contributed by atoms with E-state index in [1.165, 1.54) is 0 Å². The quantitative estimate of drug-likeness (QED) is 0.727. The Labute approximate surface area is 80.0 Å². The summed E-state index contributed by atoms with van der Waals surface area (Å²) in [5.74, 6) is 1.47. The highest BCUT2D eigenvalue weighted by atomic mass is 14.9. The molecule has 1 aromatic rings. The highest BCUT2D eigenvalue weighted by Crippen LogP contribution is 2.07. The van der Waals surface area contributed by atoms with Crippen molar-refractivity contribution < 1.29 is 0 Å². The fourth-order valence-electron chi connectivity index (χ4n) is 1.05. The fourth-order valence-corrected chi connectivity index (χ4v) is 1.05. The summed E-state index contributed by atoms with van der Waals surface area (Å²) in [5.41, 5.74) is 1.15. The number of imidazole rings is 1. The molecule has 3 heteroatoms. The van der Waals surface area contributed by atoms with Gasteiger partial charge in [-0.2, -0.15) is 0 Å². The zero-order chi connectivity index (χ0) is 9.68. The Morgan fingerprint density at radius 2 is 2.23 bits per heavy atom. The van der Waals surface area contributed by atoms with Crippen molar-refractivity contribution in [3.05, 3.63) is 18.2 Å². The topological polar surface area (TPSA) is 40.7 Å². The molecule has 74 valence electrons. The Bertz CT molecular complexity index is 216. The molecule has 0 bridgehead atoms. The van der Waals surface area contributed by atoms with Crippen LogP contribution in [0.4, 0.5) is 0 Å². The maximum absolute atomic E-state index is 3.96. The average molecular weight is 181 g/mol. The van der Waals surface area contributed by atoms with Gasteiger partial charge >= 0.3 is 0 Å². The molecule has 0 aliphatic carbocycles. The van der Waals surface area contributed by atoms with Gasteiger partial charge in [0.05, 0.1) is 6.33 Å². The van der Waals surface area contributed by atoms with Crippen LogP contribution in [0.25, 0.3) is 0 Å². The van der Waals surface area contributed by atoms with Crippen molar-refractivity contribution >= 4 is 0 Å². The molecule has 1 aromatic heterocycles. The van der Waals surface area contributed by atoms with Gasteiger partial charge in [-0.1, -0.05) is 20.8 Å². The van der Waals surface area contributed by atoms with Gasteiger partial charge in [-0.25, -0.2) is 4.98 Å². The Kier molecular flexibility index (Phi) is 3.96. The third-order valence-corrected chi connectivity index (χ3v) is 2.47. The van der Waals surface area contributed by atoms with E-state index in [1.807, 2.05) is 6.20 Å². The first kappa shape index (κ1) is 10.3. The maximum Gasteiger partial charge on any atom is 0.0922 e. The molecule has 0 saturated carbocycles. The minimum atomic E-state index is 0.725. The van der Waals surface area contributed by atoms with Gasteiger partial charge in [-0.3, -0.25) is 0 Å². The molecule has 0 amide bonds. The van der Waals surface area contributed by atoms with E-state index in [2.05, 4.69) is 36.1 Å². The molecule has 0 spiro atoms. The average Bonchev–Trinajstić information content (AvgIpc) is 2.56. The smallest absolute Gasteiger partial charge is 0.0922 e. The zero-order valence-electron chi connectivity index (χ0n) is 8.67. The predicted molar refractivity (Wildman–Crippen MR) is 54.3 cm³/mol. The molecule has 2 N–H and O–H groups in total. The van der Waals surface area contributed by atoms with Crippen LogP contribution in [0.3, 0.4) is 0 Å². The molecule has 3 nitrogen and oxygen atoms in total. The lowest BCUT2D eigenvalue weighted by molar-refractivity contribution is 0.392. The molecule has 0 saturated heterocycles. The molecule has 0 aliphatic heterocycles. The summed E-state index contributed by atoms with van der Waals surface area (Å²) in [5, 5.41) is 3.40. The van der Waals surface area contributed by atoms with Gasteiger partial charge in [0.1, 0.15) is 0 Å². The molecule has 1 atom stereocenters. The minimum absolute atomic E-state index is 0.725. The lowest BCUT2D eigenvalue weighted by atomic mass is 9.98. The second kappa shape index (κ2) is 5.02. The van der Waals surface area contributed by atoms with Crippen LogP contribution in [0.15, 0.2) is 12.5 Å². The Balaban J connectivity index is 2.14. The van der Waals surface area contributed by atoms with Crippen molar-refractivity contribution in [3.8, 4) is 0 Å². The standard InChI is InChI=1S/C10H19N3/c1-8(2)9(3)4-11-5-10-6-12-7-13-10/h6-9,11H,4-5H2,1-3H3,(H,12,13). The van der Waals surface area contributed by atoms with Gasteiger partial charge in [0.25, 0.3) is 0 Å². The zero-order valence-corrected chi connectivity index (χ0v) is 8.67. The summed E-state index contributed by atoms with van der Waals surface area (Å²) >= 11 is 0. The van der Waals surface area contributed by atoms with E-state index < -0.39 is 0 Å². The van der Waals surface area contributed by atoms with Gasteiger partial charge in [0.2, 0.25) is 0 Å². The highest BCUT2D eigenvalue weighted by Gasteiger charge is 2.05. The molecule has 1 heterocycles. The summed E-state index contributed by atoms with van der Waals surface area (Å²) in [6.07, 6.45) is 3.57. The number of aromatic amines is 1. The van der Waals surface area contributed by atoms with Crippen LogP contribution in [-0.2, 0) is 6.54 Å². The normalized spacial score (nSPS) is 13.5. The number of aromatic nitrogens is 2. The van der Waals surface area contributed by atoms with E-state index in [1.54, 1.807) is 6.33 Å². The molecule has 1 unspecified atom stereocenters. The first-order valence-corrected chi connectivity index (χ1v) is 4.88. The van der Waals surface area contributed by atoms with Crippen LogP contribution in [0.2, 0.25) is 0 Å². The fraction of sp³-hybridized carbons (Fsp3) is 0.700. The van der Waals surface area contributed by atoms with Gasteiger partial charge in [-0.15, -0.1) is 0 Å². The van der Waals surface area contributed by atoms with E-state index >= 15 is 0 Å². The van der Waals surface area contributed by atoms with Gasteiger partial charge < -0.3 is 10.3 Å². The third-order valence-electron chi connectivity index (χ3n) is 2.47. The predicted octanol–water partition coefficient (Wildman–Crippen LogP) is 1.79. The van der Waals surface area contributed by atoms with Crippen LogP contribution >= 0.6 is 0 Å². The van der Waals surface area contributed by atoms with Gasteiger partial charge in [0, 0.05) is 18.4 Å². The summed E-state index contributed by atoms with van der Waals surface area (Å²) in [4.78, 5) is 7.03. The van der Waals surface area contributed by atoms with Crippen LogP contribution in [0.1, 0.15) is 26.5 Å². The molecular formula is C10H19N3. The van der Waals surface area contributed by atoms with Crippen LogP contribution in [0.5, 0.6) is 0 Å². The molecule has 0 aliphatic rings. The van der Waals surface area contributed by atoms with E-state index in [9.17, 15) is 0 Å². The van der Waals surface area contributed by atoms with Crippen LogP contribution in [-0.4, -0.2) is 16.5 Å². The Morgan fingerprint density at radius 1 is 1.46 bits per heavy atom. The molecule has 0 fully saturated rings. The lowest BCUT2D eigenvalue weighted by Gasteiger charge is -2.15. The summed E-state index contributed by atoms with van der Waals surface area (Å²) in [6, 6.07) is 0. The maximum atomic E-state index is 3.96. The molecule has 13 heavy (non-hydrogen) atoms. The van der Waals surface area contributed by atoms with Crippen molar-refractivity contribution in [2.75, 3.05) is 6.54 Å². The van der Waals surface area contributed by atoms with Crippen molar-refractivity contribution in [1.82, 2.24) is 15.3 Å². The van der Waals surface area contributed by atoms with E-state index in [0.717, 1.165) is 30.6 Å². The summed E-state index contributed by atoms with van der Waals surface area (Å²) < 4.78 is 0. The van der Waals surface area contributed by atoms with Crippen molar-refractivity contribution in [3.63, 3.8) is 0 Å². The van der Waals surface area contributed by atoms with Gasteiger partial charge in [0.15, 0.2) is 0 Å². The largest absolute Gasteiger partial charge is 0.347 e. The third kappa shape index (κ3) is 3.59. The molecule has 0 radical (unpaired) electrons. The monoisotopic (exact) mass is 181 g/mol. The number of nitrogens with one attached hydrogen (secondary N) is 2. The Morgan fingerprint density at radius 3 is 2.77 bits per heavy atom. The number of rotatable bonds is 5. The van der Waals surface area contributed by atoms with Crippen molar-refractivity contribution in [1.29, 1.82) is 0 Å². The second-order valence-corrected chi connectivity index (χ2v) is 3.93. The van der Waals surface area contributed by atoms with Crippen molar-refractivity contribution in [2.24, 2.45) is 11.8 Å². The highest BCUT2D eigenvalue weighted by molar-refractivity contribution is 4.93. The number of H-pyrrole nitrogens is 1. The van der Waals surface area contributed by atoms with E-state index in [-0.39, 0.29) is 0 Å². The minimum Gasteiger partial charge on any atom is -0.347 e. The summed E-state index contributed by atoms with van der Waals surface area (Å²) in [7, 11) is 0. The number of nitrogens with zero attached hydrogens (tertiary/aromatic N) is 1. The van der Waals surface area contributed by atoms with Crippen LogP contribution < -0.4 is 5.32 Å². The van der Waals surface area contributed by atoms with Crippen molar-refractivity contribution in [2.45, 2.75) is 27.3 Å². The lowest BCUT2D eigenvalue weighted by Crippen LogP contribution is -2.23. The SMILES string of the molecule is CC(C)C(C)CNCc1cnc[nH]1. The number of hydrogen-bond acceptors (Lipinski definition) is 2. The first-order valence-electron chi connectivity index (χ1n) is 4.88. The second-order valence-electron chi connectivity index (χ2n) is 3.93. The first-order chi connectivity index (χ1) is 6.20. The molecule has 0 aromatic carbocycles.